The van der Waals surface area contributed by atoms with E-state index in [0.717, 1.165) is 22.3 Å². The van der Waals surface area contributed by atoms with E-state index < -0.39 is 0 Å². The monoisotopic (exact) mass is 306 g/mol. The number of aryl methyl sites for hydroxylation is 4. The minimum atomic E-state index is -0.133. The molecule has 0 saturated heterocycles. The van der Waals surface area contributed by atoms with Crippen molar-refractivity contribution in [2.75, 3.05) is 0 Å². The van der Waals surface area contributed by atoms with Gasteiger partial charge in [0.15, 0.2) is 5.78 Å². The number of carbonyl (C=O) groups is 1. The zero-order valence-electron chi connectivity index (χ0n) is 12.0. The molecule has 0 amide bonds. The SMILES string of the molecule is Cc1cc(Cl)c(C(=O)c2cc(C)c(C)cc2Cl)cc1C. The highest BCUT2D eigenvalue weighted by atomic mass is 35.5. The summed E-state index contributed by atoms with van der Waals surface area (Å²) in [6.07, 6.45) is 0. The molecule has 2 rings (SSSR count). The van der Waals surface area contributed by atoms with E-state index in [1.165, 1.54) is 0 Å². The molecule has 0 spiro atoms. The number of benzene rings is 2. The van der Waals surface area contributed by atoms with Crippen LogP contribution < -0.4 is 0 Å². The van der Waals surface area contributed by atoms with Gasteiger partial charge in [-0.05, 0) is 74.2 Å². The molecule has 0 aromatic heterocycles. The first-order valence-corrected chi connectivity index (χ1v) is 7.15. The standard InChI is InChI=1S/C17H16Cl2O/c1-9-5-13(15(18)7-11(9)3)17(20)14-6-10(2)12(4)8-16(14)19/h5-8H,1-4H3. The largest absolute Gasteiger partial charge is 0.288 e. The van der Waals surface area contributed by atoms with Gasteiger partial charge < -0.3 is 0 Å². The summed E-state index contributed by atoms with van der Waals surface area (Å²) in [7, 11) is 0. The number of rotatable bonds is 2. The lowest BCUT2D eigenvalue weighted by molar-refractivity contribution is 0.103. The molecule has 0 saturated carbocycles. The number of carbonyl (C=O) groups excluding carboxylic acids is 1. The van der Waals surface area contributed by atoms with Crippen LogP contribution in [0.1, 0.15) is 38.2 Å². The topological polar surface area (TPSA) is 17.1 Å². The van der Waals surface area contributed by atoms with Gasteiger partial charge in [-0.3, -0.25) is 4.79 Å². The van der Waals surface area contributed by atoms with Crippen molar-refractivity contribution in [2.45, 2.75) is 27.7 Å². The lowest BCUT2D eigenvalue weighted by Gasteiger charge is -2.11. The van der Waals surface area contributed by atoms with Gasteiger partial charge in [0, 0.05) is 11.1 Å². The molecule has 3 heteroatoms. The second-order valence-corrected chi connectivity index (χ2v) is 5.98. The van der Waals surface area contributed by atoms with E-state index in [0.29, 0.717) is 21.2 Å². The zero-order valence-corrected chi connectivity index (χ0v) is 13.5. The third-order valence-corrected chi connectivity index (χ3v) is 4.28. The van der Waals surface area contributed by atoms with E-state index in [9.17, 15) is 4.79 Å². The normalized spacial score (nSPS) is 10.7. The quantitative estimate of drug-likeness (QED) is 0.673. The second-order valence-electron chi connectivity index (χ2n) is 5.16. The van der Waals surface area contributed by atoms with Crippen LogP contribution in [0.5, 0.6) is 0 Å². The van der Waals surface area contributed by atoms with E-state index >= 15 is 0 Å². The molecule has 0 atom stereocenters. The molecule has 2 aromatic rings. The summed E-state index contributed by atoms with van der Waals surface area (Å²) in [6, 6.07) is 7.29. The van der Waals surface area contributed by atoms with Gasteiger partial charge in [0.25, 0.3) is 0 Å². The summed E-state index contributed by atoms with van der Waals surface area (Å²) >= 11 is 12.4. The molecule has 0 aliphatic carbocycles. The van der Waals surface area contributed by atoms with Crippen molar-refractivity contribution < 1.29 is 4.79 Å². The highest BCUT2D eigenvalue weighted by molar-refractivity contribution is 6.38. The number of hydrogen-bond acceptors (Lipinski definition) is 1. The Morgan fingerprint density at radius 2 is 1.00 bits per heavy atom. The maximum atomic E-state index is 12.6. The van der Waals surface area contributed by atoms with Crippen molar-refractivity contribution in [3.8, 4) is 0 Å². The first-order chi connectivity index (χ1) is 9.31. The lowest BCUT2D eigenvalue weighted by atomic mass is 9.96. The van der Waals surface area contributed by atoms with Gasteiger partial charge in [0.1, 0.15) is 0 Å². The fourth-order valence-corrected chi connectivity index (χ4v) is 2.66. The van der Waals surface area contributed by atoms with Gasteiger partial charge in [0.05, 0.1) is 10.0 Å². The third kappa shape index (κ3) is 2.74. The number of hydrogen-bond donors (Lipinski definition) is 0. The van der Waals surface area contributed by atoms with Gasteiger partial charge in [-0.15, -0.1) is 0 Å². The Morgan fingerprint density at radius 3 is 1.35 bits per heavy atom. The lowest BCUT2D eigenvalue weighted by Crippen LogP contribution is -2.05. The molecule has 0 fully saturated rings. The van der Waals surface area contributed by atoms with Crippen molar-refractivity contribution in [1.29, 1.82) is 0 Å². The second kappa shape index (κ2) is 5.59. The van der Waals surface area contributed by atoms with Gasteiger partial charge in [-0.25, -0.2) is 0 Å². The molecule has 0 bridgehead atoms. The summed E-state index contributed by atoms with van der Waals surface area (Å²) in [5.74, 6) is -0.133. The Morgan fingerprint density at radius 1 is 0.700 bits per heavy atom. The Balaban J connectivity index is 2.57. The van der Waals surface area contributed by atoms with Crippen LogP contribution in [0, 0.1) is 27.7 Å². The third-order valence-electron chi connectivity index (χ3n) is 3.66. The van der Waals surface area contributed by atoms with Gasteiger partial charge in [-0.2, -0.15) is 0 Å². The van der Waals surface area contributed by atoms with Crippen LogP contribution in [0.4, 0.5) is 0 Å². The molecule has 0 unspecified atom stereocenters. The minimum Gasteiger partial charge on any atom is -0.288 e. The molecule has 0 heterocycles. The smallest absolute Gasteiger partial charge is 0.196 e. The fraction of sp³-hybridized carbons (Fsp3) is 0.235. The Kier molecular flexibility index (Phi) is 4.22. The molecule has 2 aromatic carbocycles. The predicted octanol–water partition coefficient (Wildman–Crippen LogP) is 5.46. The highest BCUT2D eigenvalue weighted by Gasteiger charge is 2.17. The summed E-state index contributed by atoms with van der Waals surface area (Å²) in [5.41, 5.74) is 5.21. The van der Waals surface area contributed by atoms with Gasteiger partial charge in [-0.1, -0.05) is 23.2 Å². The van der Waals surface area contributed by atoms with Crippen LogP contribution in [0.25, 0.3) is 0 Å². The zero-order chi connectivity index (χ0) is 15.0. The van der Waals surface area contributed by atoms with Crippen molar-refractivity contribution in [3.63, 3.8) is 0 Å². The van der Waals surface area contributed by atoms with E-state index in [-0.39, 0.29) is 5.78 Å². The number of halogens is 2. The maximum Gasteiger partial charge on any atom is 0.196 e. The van der Waals surface area contributed by atoms with Crippen LogP contribution >= 0.6 is 23.2 Å². The first kappa shape index (κ1) is 15.1. The summed E-state index contributed by atoms with van der Waals surface area (Å²) in [5, 5.41) is 0.930. The average Bonchev–Trinajstić information content (AvgIpc) is 2.37. The van der Waals surface area contributed by atoms with Crippen molar-refractivity contribution in [3.05, 3.63) is 67.7 Å². The predicted molar refractivity (Wildman–Crippen MR) is 85.3 cm³/mol. The molecule has 1 nitrogen and oxygen atoms in total. The Bertz CT molecular complexity index is 643. The van der Waals surface area contributed by atoms with E-state index in [1.807, 2.05) is 52.0 Å². The molecule has 20 heavy (non-hydrogen) atoms. The molecule has 0 aliphatic heterocycles. The van der Waals surface area contributed by atoms with E-state index in [1.54, 1.807) is 0 Å². The molecule has 0 N–H and O–H groups in total. The van der Waals surface area contributed by atoms with Gasteiger partial charge >= 0.3 is 0 Å². The van der Waals surface area contributed by atoms with Gasteiger partial charge in [0.2, 0.25) is 0 Å². The molecule has 104 valence electrons. The van der Waals surface area contributed by atoms with Crippen LogP contribution in [0.15, 0.2) is 24.3 Å². The van der Waals surface area contributed by atoms with Crippen LogP contribution in [0.2, 0.25) is 10.0 Å². The Labute approximate surface area is 129 Å². The van der Waals surface area contributed by atoms with Crippen LogP contribution in [0.3, 0.4) is 0 Å². The van der Waals surface area contributed by atoms with Crippen LogP contribution in [-0.2, 0) is 0 Å². The highest BCUT2D eigenvalue weighted by Crippen LogP contribution is 2.28. The first-order valence-electron chi connectivity index (χ1n) is 6.39. The summed E-state index contributed by atoms with van der Waals surface area (Å²) in [4.78, 5) is 12.6. The van der Waals surface area contributed by atoms with Crippen molar-refractivity contribution in [1.82, 2.24) is 0 Å². The number of ketones is 1. The van der Waals surface area contributed by atoms with Crippen molar-refractivity contribution in [2.24, 2.45) is 0 Å². The van der Waals surface area contributed by atoms with E-state index in [2.05, 4.69) is 0 Å². The van der Waals surface area contributed by atoms with E-state index in [4.69, 9.17) is 23.2 Å². The Hall–Kier alpha value is -1.31. The maximum absolute atomic E-state index is 12.6. The summed E-state index contributed by atoms with van der Waals surface area (Å²) < 4.78 is 0. The molecular weight excluding hydrogens is 291 g/mol. The van der Waals surface area contributed by atoms with Crippen molar-refractivity contribution >= 4 is 29.0 Å². The average molecular weight is 307 g/mol. The fourth-order valence-electron chi connectivity index (χ4n) is 2.06. The molecule has 0 aliphatic rings. The molecular formula is C17H16Cl2O. The molecule has 0 radical (unpaired) electrons. The van der Waals surface area contributed by atoms with Crippen LogP contribution in [-0.4, -0.2) is 5.78 Å². The summed E-state index contributed by atoms with van der Waals surface area (Å²) in [6.45, 7) is 7.87. The minimum absolute atomic E-state index is 0.133.